The largest absolute Gasteiger partial charge is 0.431 e. The molecule has 3 heteroatoms. The number of hydrogen-bond donors (Lipinski definition) is 0. The Kier molecular flexibility index (Phi) is 2.46. The summed E-state index contributed by atoms with van der Waals surface area (Å²) in [4.78, 5) is 23.1. The highest BCUT2D eigenvalue weighted by atomic mass is 16.4. The van der Waals surface area contributed by atoms with Crippen molar-refractivity contribution in [3.8, 4) is 0 Å². The summed E-state index contributed by atoms with van der Waals surface area (Å²) < 4.78 is 4.62. The van der Waals surface area contributed by atoms with E-state index in [1.54, 1.807) is 24.3 Å². The van der Waals surface area contributed by atoms with Gasteiger partial charge in [0.1, 0.15) is 5.56 Å². The van der Waals surface area contributed by atoms with Gasteiger partial charge in [-0.25, -0.2) is 4.79 Å². The Labute approximate surface area is 86.0 Å². The van der Waals surface area contributed by atoms with Crippen molar-refractivity contribution in [1.82, 2.24) is 0 Å². The average Bonchev–Trinajstić information content (AvgIpc) is 2.30. The summed E-state index contributed by atoms with van der Waals surface area (Å²) in [6, 6.07) is 11.6. The molecule has 1 aromatic carbocycles. The van der Waals surface area contributed by atoms with Gasteiger partial charge in [0.25, 0.3) is 0 Å². The first kappa shape index (κ1) is 9.40. The lowest BCUT2D eigenvalue weighted by molar-refractivity contribution is 0.103. The zero-order valence-corrected chi connectivity index (χ0v) is 7.84. The third-order valence-electron chi connectivity index (χ3n) is 2.02. The van der Waals surface area contributed by atoms with Gasteiger partial charge < -0.3 is 4.42 Å². The van der Waals surface area contributed by atoms with Gasteiger partial charge in [-0.3, -0.25) is 4.79 Å². The van der Waals surface area contributed by atoms with Crippen LogP contribution in [0.5, 0.6) is 0 Å². The fourth-order valence-corrected chi connectivity index (χ4v) is 1.28. The topological polar surface area (TPSA) is 47.3 Å². The maximum atomic E-state index is 11.8. The first-order valence-electron chi connectivity index (χ1n) is 4.46. The van der Waals surface area contributed by atoms with Crippen LogP contribution in [-0.2, 0) is 0 Å². The van der Waals surface area contributed by atoms with E-state index >= 15 is 0 Å². The van der Waals surface area contributed by atoms with Crippen LogP contribution in [0, 0.1) is 0 Å². The van der Waals surface area contributed by atoms with Crippen molar-refractivity contribution >= 4 is 5.78 Å². The average molecular weight is 200 g/mol. The number of rotatable bonds is 2. The molecule has 0 unspecified atom stereocenters. The lowest BCUT2D eigenvalue weighted by Crippen LogP contribution is -2.13. The van der Waals surface area contributed by atoms with Crippen molar-refractivity contribution in [3.05, 3.63) is 70.3 Å². The Morgan fingerprint density at radius 1 is 1.00 bits per heavy atom. The van der Waals surface area contributed by atoms with Gasteiger partial charge in [0.2, 0.25) is 0 Å². The Bertz CT molecular complexity index is 526. The summed E-state index contributed by atoms with van der Waals surface area (Å²) >= 11 is 0. The minimum Gasteiger partial charge on any atom is -0.431 e. The van der Waals surface area contributed by atoms with Crippen LogP contribution < -0.4 is 5.63 Å². The van der Waals surface area contributed by atoms with E-state index in [-0.39, 0.29) is 11.3 Å². The molecule has 0 aliphatic heterocycles. The van der Waals surface area contributed by atoms with E-state index in [0.29, 0.717) is 5.56 Å². The first-order chi connectivity index (χ1) is 7.29. The van der Waals surface area contributed by atoms with E-state index in [0.717, 1.165) is 0 Å². The van der Waals surface area contributed by atoms with Crippen LogP contribution in [0.15, 0.2) is 57.9 Å². The Morgan fingerprint density at radius 2 is 1.73 bits per heavy atom. The molecular formula is C12H8O3. The molecule has 74 valence electrons. The third-order valence-corrected chi connectivity index (χ3v) is 2.02. The van der Waals surface area contributed by atoms with Crippen molar-refractivity contribution in [2.24, 2.45) is 0 Å². The third kappa shape index (κ3) is 1.86. The Balaban J connectivity index is 2.47. The Hall–Kier alpha value is -2.16. The van der Waals surface area contributed by atoms with Gasteiger partial charge in [0, 0.05) is 5.56 Å². The second-order valence-corrected chi connectivity index (χ2v) is 3.01. The van der Waals surface area contributed by atoms with Gasteiger partial charge in [0.05, 0.1) is 6.26 Å². The highest BCUT2D eigenvalue weighted by molar-refractivity contribution is 6.08. The fourth-order valence-electron chi connectivity index (χ4n) is 1.28. The molecular weight excluding hydrogens is 192 g/mol. The van der Waals surface area contributed by atoms with Gasteiger partial charge >= 0.3 is 5.63 Å². The van der Waals surface area contributed by atoms with E-state index in [2.05, 4.69) is 4.42 Å². The second kappa shape index (κ2) is 3.92. The molecule has 0 bridgehead atoms. The van der Waals surface area contributed by atoms with Crippen molar-refractivity contribution in [2.45, 2.75) is 0 Å². The van der Waals surface area contributed by atoms with Gasteiger partial charge in [-0.15, -0.1) is 0 Å². The lowest BCUT2D eigenvalue weighted by Gasteiger charge is -1.97. The van der Waals surface area contributed by atoms with Gasteiger partial charge in [0.15, 0.2) is 5.78 Å². The summed E-state index contributed by atoms with van der Waals surface area (Å²) in [6.07, 6.45) is 1.25. The smallest absolute Gasteiger partial charge is 0.346 e. The van der Waals surface area contributed by atoms with Crippen molar-refractivity contribution in [3.63, 3.8) is 0 Å². The van der Waals surface area contributed by atoms with E-state index in [4.69, 9.17) is 0 Å². The molecule has 0 radical (unpaired) electrons. The molecule has 15 heavy (non-hydrogen) atoms. The summed E-state index contributed by atoms with van der Waals surface area (Å²) in [7, 11) is 0. The molecule has 0 fully saturated rings. The maximum absolute atomic E-state index is 11.8. The Morgan fingerprint density at radius 3 is 2.40 bits per heavy atom. The molecule has 0 saturated carbocycles. The molecule has 2 rings (SSSR count). The normalized spacial score (nSPS) is 9.87. The van der Waals surface area contributed by atoms with Gasteiger partial charge in [-0.05, 0) is 12.1 Å². The van der Waals surface area contributed by atoms with Gasteiger partial charge in [-0.2, -0.15) is 0 Å². The van der Waals surface area contributed by atoms with Crippen LogP contribution in [0.2, 0.25) is 0 Å². The quantitative estimate of drug-likeness (QED) is 0.695. The SMILES string of the molecule is O=C(c1ccccc1)c1cccoc1=O. The van der Waals surface area contributed by atoms with Crippen LogP contribution in [0.3, 0.4) is 0 Å². The standard InChI is InChI=1S/C12H8O3/c13-11(9-5-2-1-3-6-9)10-7-4-8-15-12(10)14/h1-8H. The highest BCUT2D eigenvalue weighted by Crippen LogP contribution is 2.05. The van der Waals surface area contributed by atoms with E-state index < -0.39 is 5.63 Å². The fraction of sp³-hybridized carbons (Fsp3) is 0. The second-order valence-electron chi connectivity index (χ2n) is 3.01. The van der Waals surface area contributed by atoms with Crippen molar-refractivity contribution < 1.29 is 9.21 Å². The predicted molar refractivity (Wildman–Crippen MR) is 54.9 cm³/mol. The molecule has 0 saturated heterocycles. The minimum absolute atomic E-state index is 0.0590. The maximum Gasteiger partial charge on any atom is 0.346 e. The van der Waals surface area contributed by atoms with Crippen LogP contribution in [0.4, 0.5) is 0 Å². The first-order valence-corrected chi connectivity index (χ1v) is 4.46. The summed E-state index contributed by atoms with van der Waals surface area (Å²) in [5.41, 5.74) is -0.0638. The van der Waals surface area contributed by atoms with Gasteiger partial charge in [-0.1, -0.05) is 30.3 Å². The molecule has 0 aliphatic carbocycles. The molecule has 0 atom stereocenters. The van der Waals surface area contributed by atoms with E-state index in [1.165, 1.54) is 18.4 Å². The molecule has 0 spiro atoms. The lowest BCUT2D eigenvalue weighted by atomic mass is 10.1. The molecule has 0 aliphatic rings. The van der Waals surface area contributed by atoms with Crippen LogP contribution >= 0.6 is 0 Å². The number of ketones is 1. The monoisotopic (exact) mass is 200 g/mol. The van der Waals surface area contributed by atoms with E-state index in [9.17, 15) is 9.59 Å². The van der Waals surface area contributed by atoms with Crippen molar-refractivity contribution in [2.75, 3.05) is 0 Å². The van der Waals surface area contributed by atoms with Crippen molar-refractivity contribution in [1.29, 1.82) is 0 Å². The molecule has 2 aromatic rings. The molecule has 0 amide bonds. The number of benzene rings is 1. The molecule has 0 N–H and O–H groups in total. The zero-order valence-electron chi connectivity index (χ0n) is 7.84. The minimum atomic E-state index is -0.605. The summed E-state index contributed by atoms with van der Waals surface area (Å²) in [6.45, 7) is 0. The number of carbonyl (C=O) groups excluding carboxylic acids is 1. The van der Waals surface area contributed by atoms with E-state index in [1.807, 2.05) is 6.07 Å². The molecule has 3 nitrogen and oxygen atoms in total. The zero-order chi connectivity index (χ0) is 10.7. The number of carbonyl (C=O) groups is 1. The molecule has 1 heterocycles. The molecule has 1 aromatic heterocycles. The highest BCUT2D eigenvalue weighted by Gasteiger charge is 2.12. The summed E-state index contributed by atoms with van der Waals surface area (Å²) in [5.74, 6) is -0.315. The van der Waals surface area contributed by atoms with Crippen LogP contribution in [0.1, 0.15) is 15.9 Å². The number of hydrogen-bond acceptors (Lipinski definition) is 3. The summed E-state index contributed by atoms with van der Waals surface area (Å²) in [5, 5.41) is 0. The predicted octanol–water partition coefficient (Wildman–Crippen LogP) is 1.87. The van der Waals surface area contributed by atoms with Crippen LogP contribution in [-0.4, -0.2) is 5.78 Å². The van der Waals surface area contributed by atoms with Crippen LogP contribution in [0.25, 0.3) is 0 Å².